The Morgan fingerprint density at radius 2 is 2.00 bits per heavy atom. The molecule has 4 N–H and O–H groups in total. The lowest BCUT2D eigenvalue weighted by Crippen LogP contribution is -2.31. The summed E-state index contributed by atoms with van der Waals surface area (Å²) >= 11 is 0. The highest BCUT2D eigenvalue weighted by atomic mass is 16.1. The number of H-pyrrole nitrogens is 1. The number of carbonyl (C=O) groups excluding carboxylic acids is 1. The summed E-state index contributed by atoms with van der Waals surface area (Å²) in [6.07, 6.45) is 7.27. The van der Waals surface area contributed by atoms with Crippen LogP contribution >= 0.6 is 0 Å². The summed E-state index contributed by atoms with van der Waals surface area (Å²) in [4.78, 5) is 12.2. The Kier molecular flexibility index (Phi) is 3.68. The lowest BCUT2D eigenvalue weighted by atomic mass is 9.83. The molecule has 1 amide bonds. The van der Waals surface area contributed by atoms with Crippen LogP contribution in [0.15, 0.2) is 0 Å². The van der Waals surface area contributed by atoms with Crippen LogP contribution in [0.2, 0.25) is 0 Å². The van der Waals surface area contributed by atoms with Crippen LogP contribution in [0.25, 0.3) is 0 Å². The second-order valence-corrected chi connectivity index (χ2v) is 6.51. The van der Waals surface area contributed by atoms with Gasteiger partial charge in [0.25, 0.3) is 5.91 Å². The zero-order valence-electron chi connectivity index (χ0n) is 12.1. The van der Waals surface area contributed by atoms with E-state index in [1.165, 1.54) is 25.7 Å². The maximum absolute atomic E-state index is 12.2. The first kappa shape index (κ1) is 13.5. The second-order valence-electron chi connectivity index (χ2n) is 6.51. The van der Waals surface area contributed by atoms with Gasteiger partial charge in [0.1, 0.15) is 0 Å². The van der Waals surface area contributed by atoms with Gasteiger partial charge in [0, 0.05) is 12.5 Å². The molecule has 0 unspecified atom stereocenters. The third kappa shape index (κ3) is 2.81. The SMILES string of the molecule is CC1CCC(CNC(=O)c2n[nH]c(C3CC3)c2N)CC1. The first-order chi connectivity index (χ1) is 9.65. The van der Waals surface area contributed by atoms with Gasteiger partial charge >= 0.3 is 0 Å². The van der Waals surface area contributed by atoms with E-state index in [1.807, 2.05) is 0 Å². The molecular formula is C15H24N4O. The number of nitrogen functional groups attached to an aromatic ring is 1. The zero-order valence-corrected chi connectivity index (χ0v) is 12.1. The van der Waals surface area contributed by atoms with Gasteiger partial charge in [0.2, 0.25) is 0 Å². The van der Waals surface area contributed by atoms with Crippen molar-refractivity contribution in [3.05, 3.63) is 11.4 Å². The predicted octanol–water partition coefficient (Wildman–Crippen LogP) is 2.43. The highest BCUT2D eigenvalue weighted by Gasteiger charge is 2.30. The number of nitrogens with one attached hydrogen (secondary N) is 2. The van der Waals surface area contributed by atoms with Gasteiger partial charge < -0.3 is 11.1 Å². The minimum absolute atomic E-state index is 0.135. The Balaban J connectivity index is 1.54. The number of nitrogens with zero attached hydrogens (tertiary/aromatic N) is 1. The molecule has 0 atom stereocenters. The molecule has 2 aliphatic rings. The van der Waals surface area contributed by atoms with E-state index in [-0.39, 0.29) is 5.91 Å². The van der Waals surface area contributed by atoms with Gasteiger partial charge in [-0.25, -0.2) is 0 Å². The molecule has 0 aromatic carbocycles. The van der Waals surface area contributed by atoms with E-state index in [1.54, 1.807) is 0 Å². The smallest absolute Gasteiger partial charge is 0.273 e. The number of nitrogens with two attached hydrogens (primary N) is 1. The molecule has 0 radical (unpaired) electrons. The summed E-state index contributed by atoms with van der Waals surface area (Å²) in [6, 6.07) is 0. The van der Waals surface area contributed by atoms with Gasteiger partial charge in [-0.2, -0.15) is 5.10 Å². The van der Waals surface area contributed by atoms with Gasteiger partial charge in [-0.15, -0.1) is 0 Å². The highest BCUT2D eigenvalue weighted by molar-refractivity contribution is 5.97. The van der Waals surface area contributed by atoms with E-state index in [2.05, 4.69) is 22.4 Å². The van der Waals surface area contributed by atoms with Gasteiger partial charge in [-0.05, 0) is 37.5 Å². The average molecular weight is 276 g/mol. The normalized spacial score (nSPS) is 26.4. The van der Waals surface area contributed by atoms with E-state index in [4.69, 9.17) is 5.73 Å². The zero-order chi connectivity index (χ0) is 14.1. The molecule has 20 heavy (non-hydrogen) atoms. The molecule has 1 aromatic heterocycles. The van der Waals surface area contributed by atoms with Crippen molar-refractivity contribution in [1.29, 1.82) is 0 Å². The molecule has 2 aliphatic carbocycles. The maximum atomic E-state index is 12.2. The summed E-state index contributed by atoms with van der Waals surface area (Å²) in [5, 5.41) is 10.0. The quantitative estimate of drug-likeness (QED) is 0.789. The number of aromatic nitrogens is 2. The Bertz CT molecular complexity index is 484. The molecule has 110 valence electrons. The van der Waals surface area contributed by atoms with Crippen LogP contribution < -0.4 is 11.1 Å². The largest absolute Gasteiger partial charge is 0.395 e. The number of aromatic amines is 1. The van der Waals surface area contributed by atoms with E-state index in [0.717, 1.165) is 31.0 Å². The number of carbonyl (C=O) groups is 1. The van der Waals surface area contributed by atoms with Gasteiger partial charge in [0.15, 0.2) is 5.69 Å². The Morgan fingerprint density at radius 3 is 2.65 bits per heavy atom. The fraction of sp³-hybridized carbons (Fsp3) is 0.733. The summed E-state index contributed by atoms with van der Waals surface area (Å²) in [7, 11) is 0. The molecule has 0 saturated heterocycles. The van der Waals surface area contributed by atoms with Crippen molar-refractivity contribution >= 4 is 11.6 Å². The van der Waals surface area contributed by atoms with Crippen molar-refractivity contribution in [1.82, 2.24) is 15.5 Å². The van der Waals surface area contributed by atoms with Crippen LogP contribution in [-0.2, 0) is 0 Å². The number of anilines is 1. The van der Waals surface area contributed by atoms with Crippen molar-refractivity contribution in [3.63, 3.8) is 0 Å². The highest BCUT2D eigenvalue weighted by Crippen LogP contribution is 2.42. The van der Waals surface area contributed by atoms with Crippen LogP contribution in [0.1, 0.15) is 67.5 Å². The second kappa shape index (κ2) is 5.46. The molecule has 0 bridgehead atoms. The lowest BCUT2D eigenvalue weighted by Gasteiger charge is -2.26. The minimum Gasteiger partial charge on any atom is -0.395 e. The van der Waals surface area contributed by atoms with Gasteiger partial charge in [-0.3, -0.25) is 9.89 Å². The summed E-state index contributed by atoms with van der Waals surface area (Å²) in [5.41, 5.74) is 7.88. The fourth-order valence-electron chi connectivity index (χ4n) is 3.07. The fourth-order valence-corrected chi connectivity index (χ4v) is 3.07. The Hall–Kier alpha value is -1.52. The van der Waals surface area contributed by atoms with Crippen molar-refractivity contribution in [2.24, 2.45) is 11.8 Å². The summed E-state index contributed by atoms with van der Waals surface area (Å²) < 4.78 is 0. The van der Waals surface area contributed by atoms with Crippen molar-refractivity contribution < 1.29 is 4.79 Å². The molecule has 1 heterocycles. The Labute approximate surface area is 119 Å². The monoisotopic (exact) mass is 276 g/mol. The lowest BCUT2D eigenvalue weighted by molar-refractivity contribution is 0.0937. The average Bonchev–Trinajstić information content (AvgIpc) is 3.21. The molecule has 3 rings (SSSR count). The number of amides is 1. The van der Waals surface area contributed by atoms with Crippen molar-refractivity contribution in [3.8, 4) is 0 Å². The van der Waals surface area contributed by atoms with Crippen LogP contribution in [0, 0.1) is 11.8 Å². The molecule has 0 spiro atoms. The van der Waals surface area contributed by atoms with Crippen LogP contribution in [0.4, 0.5) is 5.69 Å². The first-order valence-corrected chi connectivity index (χ1v) is 7.77. The summed E-state index contributed by atoms with van der Waals surface area (Å²) in [6.45, 7) is 3.05. The van der Waals surface area contributed by atoms with Crippen LogP contribution in [0.5, 0.6) is 0 Å². The molecule has 0 aliphatic heterocycles. The number of rotatable bonds is 4. The Morgan fingerprint density at radius 1 is 1.30 bits per heavy atom. The molecule has 5 nitrogen and oxygen atoms in total. The summed E-state index contributed by atoms with van der Waals surface area (Å²) in [5.74, 6) is 1.80. The van der Waals surface area contributed by atoms with Crippen molar-refractivity contribution in [2.45, 2.75) is 51.4 Å². The predicted molar refractivity (Wildman–Crippen MR) is 78.4 cm³/mol. The minimum atomic E-state index is -0.135. The van der Waals surface area contributed by atoms with Crippen LogP contribution in [0.3, 0.4) is 0 Å². The van der Waals surface area contributed by atoms with Crippen LogP contribution in [-0.4, -0.2) is 22.6 Å². The molecular weight excluding hydrogens is 252 g/mol. The number of hydrogen-bond donors (Lipinski definition) is 3. The third-order valence-electron chi connectivity index (χ3n) is 4.72. The topological polar surface area (TPSA) is 83.8 Å². The molecule has 1 aromatic rings. The third-order valence-corrected chi connectivity index (χ3v) is 4.72. The first-order valence-electron chi connectivity index (χ1n) is 7.77. The standard InChI is InChI=1S/C15H24N4O/c1-9-2-4-10(5-3-9)8-17-15(20)14-12(16)13(18-19-14)11-6-7-11/h9-11H,2-8,16H2,1H3,(H,17,20)(H,18,19). The van der Waals surface area contributed by atoms with E-state index in [0.29, 0.717) is 23.2 Å². The van der Waals surface area contributed by atoms with Gasteiger partial charge in [-0.1, -0.05) is 19.8 Å². The van der Waals surface area contributed by atoms with E-state index >= 15 is 0 Å². The van der Waals surface area contributed by atoms with E-state index < -0.39 is 0 Å². The molecule has 5 heteroatoms. The molecule has 2 fully saturated rings. The molecule has 2 saturated carbocycles. The van der Waals surface area contributed by atoms with Crippen molar-refractivity contribution in [2.75, 3.05) is 12.3 Å². The maximum Gasteiger partial charge on any atom is 0.273 e. The number of hydrogen-bond acceptors (Lipinski definition) is 3. The van der Waals surface area contributed by atoms with E-state index in [9.17, 15) is 4.79 Å². The van der Waals surface area contributed by atoms with Gasteiger partial charge in [0.05, 0.1) is 11.4 Å².